The van der Waals surface area contributed by atoms with Gasteiger partial charge in [0.05, 0.1) is 19.9 Å². The Kier molecular flexibility index (Phi) is 8.25. The quantitative estimate of drug-likeness (QED) is 0.412. The summed E-state index contributed by atoms with van der Waals surface area (Å²) in [5.74, 6) is 1.20. The van der Waals surface area contributed by atoms with E-state index in [4.69, 9.17) is 14.2 Å². The largest absolute Gasteiger partial charge is 0.493 e. The van der Waals surface area contributed by atoms with Crippen molar-refractivity contribution in [3.05, 3.63) is 71.8 Å². The summed E-state index contributed by atoms with van der Waals surface area (Å²) in [5.41, 5.74) is 1.31. The average molecular weight is 484 g/mol. The maximum atomic E-state index is 13.8. The number of benzene rings is 2. The van der Waals surface area contributed by atoms with Gasteiger partial charge in [-0.3, -0.25) is 9.58 Å². The van der Waals surface area contributed by atoms with Crippen molar-refractivity contribution in [1.82, 2.24) is 14.7 Å². The molecule has 35 heavy (non-hydrogen) atoms. The third kappa shape index (κ3) is 6.96. The number of ether oxygens (including phenoxy) is 3. The topological polar surface area (TPSA) is 69.0 Å². The van der Waals surface area contributed by atoms with Crippen molar-refractivity contribution in [2.24, 2.45) is 0 Å². The molecule has 0 bridgehead atoms. The van der Waals surface area contributed by atoms with Gasteiger partial charge in [0.1, 0.15) is 12.2 Å². The summed E-state index contributed by atoms with van der Waals surface area (Å²) >= 11 is 0. The first-order chi connectivity index (χ1) is 16.9. The van der Waals surface area contributed by atoms with Gasteiger partial charge >= 0.3 is 0 Å². The van der Waals surface area contributed by atoms with Crippen molar-refractivity contribution in [2.75, 3.05) is 33.4 Å². The van der Waals surface area contributed by atoms with E-state index in [2.05, 4.69) is 10.00 Å². The number of piperidine rings is 1. The van der Waals surface area contributed by atoms with Crippen LogP contribution >= 0.6 is 0 Å². The predicted molar refractivity (Wildman–Crippen MR) is 131 cm³/mol. The zero-order valence-electron chi connectivity index (χ0n) is 20.5. The molecule has 1 fully saturated rings. The van der Waals surface area contributed by atoms with Gasteiger partial charge in [-0.05, 0) is 55.2 Å². The molecule has 8 heteroatoms. The van der Waals surface area contributed by atoms with Crippen LogP contribution in [0.2, 0.25) is 0 Å². The fourth-order valence-electron chi connectivity index (χ4n) is 4.23. The molecule has 7 nitrogen and oxygen atoms in total. The summed E-state index contributed by atoms with van der Waals surface area (Å²) in [4.78, 5) is 2.29. The Hall–Kier alpha value is -3.10. The highest BCUT2D eigenvalue weighted by Crippen LogP contribution is 2.30. The first kappa shape index (κ1) is 25.0. The number of likely N-dealkylation sites (tertiary alicyclic amines) is 1. The maximum Gasteiger partial charge on any atom is 0.165 e. The van der Waals surface area contributed by atoms with Crippen LogP contribution in [0.4, 0.5) is 4.39 Å². The number of methoxy groups -OCH3 is 1. The van der Waals surface area contributed by atoms with Crippen LogP contribution < -0.4 is 14.2 Å². The molecular weight excluding hydrogens is 449 g/mol. The molecule has 0 unspecified atom stereocenters. The molecule has 2 heterocycles. The molecule has 0 radical (unpaired) electrons. The molecule has 1 aliphatic heterocycles. The van der Waals surface area contributed by atoms with E-state index >= 15 is 0 Å². The number of nitrogens with zero attached hydrogens (tertiary/aromatic N) is 3. The number of hydrogen-bond donors (Lipinski definition) is 1. The van der Waals surface area contributed by atoms with E-state index in [0.29, 0.717) is 25.2 Å². The average Bonchev–Trinajstić information content (AvgIpc) is 3.28. The molecular formula is C27H34FN3O4. The summed E-state index contributed by atoms with van der Waals surface area (Å²) < 4.78 is 32.8. The van der Waals surface area contributed by atoms with E-state index in [-0.39, 0.29) is 12.4 Å². The second kappa shape index (κ2) is 11.6. The third-order valence-corrected chi connectivity index (χ3v) is 6.31. The van der Waals surface area contributed by atoms with Crippen molar-refractivity contribution in [1.29, 1.82) is 0 Å². The van der Waals surface area contributed by atoms with Gasteiger partial charge in [0.25, 0.3) is 0 Å². The van der Waals surface area contributed by atoms with Crippen molar-refractivity contribution in [3.8, 4) is 17.2 Å². The Bertz CT molecular complexity index is 1100. The number of hydrogen-bond acceptors (Lipinski definition) is 6. The lowest BCUT2D eigenvalue weighted by atomic mass is 9.92. The summed E-state index contributed by atoms with van der Waals surface area (Å²) in [6.07, 6.45) is 5.84. The highest BCUT2D eigenvalue weighted by Gasteiger charge is 2.33. The minimum absolute atomic E-state index is 0.0837. The SMILES string of the molecule is COc1ccc(CN2CCC(O)(COc3ccccc3F)CC2)cc1OCCCn1cc(C)cn1. The van der Waals surface area contributed by atoms with E-state index in [9.17, 15) is 9.50 Å². The number of aromatic nitrogens is 2. The van der Waals surface area contributed by atoms with Gasteiger partial charge in [-0.15, -0.1) is 0 Å². The van der Waals surface area contributed by atoms with Gasteiger partial charge in [0, 0.05) is 38.8 Å². The normalized spacial score (nSPS) is 15.7. The Labute approximate surface area is 206 Å². The summed E-state index contributed by atoms with van der Waals surface area (Å²) in [6.45, 7) is 5.67. The summed E-state index contributed by atoms with van der Waals surface area (Å²) in [5, 5.41) is 15.2. The van der Waals surface area contributed by atoms with Crippen LogP contribution in [0.25, 0.3) is 0 Å². The molecule has 1 saturated heterocycles. The van der Waals surface area contributed by atoms with Crippen molar-refractivity contribution in [2.45, 2.75) is 44.9 Å². The Morgan fingerprint density at radius 3 is 2.57 bits per heavy atom. The molecule has 0 aliphatic carbocycles. The lowest BCUT2D eigenvalue weighted by molar-refractivity contribution is -0.0543. The van der Waals surface area contributed by atoms with Crippen LogP contribution in [0.1, 0.15) is 30.4 Å². The molecule has 0 spiro atoms. The van der Waals surface area contributed by atoms with Crippen LogP contribution in [0.3, 0.4) is 0 Å². The molecule has 2 aromatic carbocycles. The molecule has 0 amide bonds. The van der Waals surface area contributed by atoms with Crippen molar-refractivity contribution in [3.63, 3.8) is 0 Å². The van der Waals surface area contributed by atoms with Crippen molar-refractivity contribution < 1.29 is 23.7 Å². The maximum absolute atomic E-state index is 13.8. The van der Waals surface area contributed by atoms with Gasteiger partial charge in [0.2, 0.25) is 0 Å². The number of halogens is 1. The van der Waals surface area contributed by atoms with Gasteiger partial charge < -0.3 is 19.3 Å². The summed E-state index contributed by atoms with van der Waals surface area (Å²) in [7, 11) is 1.64. The second-order valence-electron chi connectivity index (χ2n) is 9.19. The molecule has 1 aromatic heterocycles. The van der Waals surface area contributed by atoms with Crippen molar-refractivity contribution >= 4 is 0 Å². The smallest absolute Gasteiger partial charge is 0.165 e. The molecule has 188 valence electrons. The minimum Gasteiger partial charge on any atom is -0.493 e. The highest BCUT2D eigenvalue weighted by molar-refractivity contribution is 5.43. The molecule has 0 atom stereocenters. The lowest BCUT2D eigenvalue weighted by Gasteiger charge is -2.38. The van der Waals surface area contributed by atoms with Gasteiger partial charge in [-0.1, -0.05) is 18.2 Å². The minimum atomic E-state index is -0.958. The monoisotopic (exact) mass is 483 g/mol. The fourth-order valence-corrected chi connectivity index (χ4v) is 4.23. The standard InChI is InChI=1S/C27H34FN3O4/c1-21-17-29-31(18-21)12-5-15-34-26-16-22(8-9-25(26)33-2)19-30-13-10-27(32,11-14-30)20-35-24-7-4-3-6-23(24)28/h3-4,6-9,16-18,32H,5,10-15,19-20H2,1-2H3. The van der Waals surface area contributed by atoms with E-state index in [0.717, 1.165) is 49.5 Å². The zero-order chi connectivity index (χ0) is 24.7. The fraction of sp³-hybridized carbons (Fsp3) is 0.444. The van der Waals surface area contributed by atoms with E-state index in [1.807, 2.05) is 42.2 Å². The molecule has 1 N–H and O–H groups in total. The van der Waals surface area contributed by atoms with E-state index in [1.54, 1.807) is 25.3 Å². The molecule has 0 saturated carbocycles. The molecule has 1 aliphatic rings. The lowest BCUT2D eigenvalue weighted by Crippen LogP contribution is -2.47. The van der Waals surface area contributed by atoms with E-state index in [1.165, 1.54) is 6.07 Å². The van der Waals surface area contributed by atoms with Crippen LogP contribution in [0.5, 0.6) is 17.2 Å². The Morgan fingerprint density at radius 2 is 1.86 bits per heavy atom. The van der Waals surface area contributed by atoms with Crippen LogP contribution in [-0.4, -0.2) is 58.8 Å². The molecule has 4 rings (SSSR count). The van der Waals surface area contributed by atoms with Crippen LogP contribution in [-0.2, 0) is 13.1 Å². The summed E-state index contributed by atoms with van der Waals surface area (Å²) in [6, 6.07) is 12.3. The van der Waals surface area contributed by atoms with Crippen LogP contribution in [0.15, 0.2) is 54.9 Å². The van der Waals surface area contributed by atoms with Crippen LogP contribution in [0, 0.1) is 12.7 Å². The van der Waals surface area contributed by atoms with E-state index < -0.39 is 11.4 Å². The first-order valence-corrected chi connectivity index (χ1v) is 12.0. The number of aliphatic hydroxyl groups is 1. The van der Waals surface area contributed by atoms with Gasteiger partial charge in [0.15, 0.2) is 23.1 Å². The third-order valence-electron chi connectivity index (χ3n) is 6.31. The first-order valence-electron chi connectivity index (χ1n) is 12.0. The Morgan fingerprint density at radius 1 is 1.06 bits per heavy atom. The highest BCUT2D eigenvalue weighted by atomic mass is 19.1. The number of para-hydroxylation sites is 1. The second-order valence-corrected chi connectivity index (χ2v) is 9.19. The number of aryl methyl sites for hydroxylation is 2. The number of rotatable bonds is 11. The predicted octanol–water partition coefficient (Wildman–Crippen LogP) is 4.21. The van der Waals surface area contributed by atoms with Gasteiger partial charge in [-0.2, -0.15) is 5.10 Å². The zero-order valence-corrected chi connectivity index (χ0v) is 20.5. The molecule has 3 aromatic rings. The van der Waals surface area contributed by atoms with Gasteiger partial charge in [-0.25, -0.2) is 4.39 Å². The Balaban J connectivity index is 1.26.